The molecule has 2 heterocycles. The average molecular weight is 324 g/mol. The first-order valence-corrected chi connectivity index (χ1v) is 7.71. The lowest BCUT2D eigenvalue weighted by Gasteiger charge is -2.19. The summed E-state index contributed by atoms with van der Waals surface area (Å²) in [6.45, 7) is 2.99. The number of nitrogens with zero attached hydrogens (tertiary/aromatic N) is 1. The van der Waals surface area contributed by atoms with Crippen molar-refractivity contribution in [2.45, 2.75) is 25.4 Å². The molecule has 4 heteroatoms. The maximum atomic E-state index is 5.84. The summed E-state index contributed by atoms with van der Waals surface area (Å²) < 4.78 is 6.92. The highest BCUT2D eigenvalue weighted by Gasteiger charge is 2.34. The summed E-state index contributed by atoms with van der Waals surface area (Å²) in [5.41, 5.74) is 2.01. The molecule has 3 rings (SSSR count). The first kappa shape index (κ1) is 12.3. The zero-order valence-electron chi connectivity index (χ0n) is 10.1. The van der Waals surface area contributed by atoms with Crippen LogP contribution in [0, 0.1) is 0 Å². The molecule has 0 radical (unpaired) electrons. The fourth-order valence-corrected chi connectivity index (χ4v) is 3.62. The first-order valence-electron chi connectivity index (χ1n) is 6.03. The molecular weight excluding hydrogens is 310 g/mol. The van der Waals surface area contributed by atoms with Gasteiger partial charge in [-0.25, -0.2) is 4.98 Å². The Labute approximate surface area is 119 Å². The van der Waals surface area contributed by atoms with Crippen molar-refractivity contribution < 1.29 is 4.74 Å². The van der Waals surface area contributed by atoms with Crippen molar-refractivity contribution in [3.05, 3.63) is 39.1 Å². The highest BCUT2D eigenvalue weighted by molar-refractivity contribution is 9.10. The van der Waals surface area contributed by atoms with E-state index >= 15 is 0 Å². The monoisotopic (exact) mass is 323 g/mol. The number of hydrogen-bond acceptors (Lipinski definition) is 3. The van der Waals surface area contributed by atoms with Crippen molar-refractivity contribution in [1.29, 1.82) is 0 Å². The standard InChI is InChI=1S/C14H14BrNOS/c1-14(6-3-7-17-14)13-16-12(9-18-13)10-4-2-5-11(15)8-10/h2,4-5,8-9H,3,6-7H2,1H3. The molecule has 2 nitrogen and oxygen atoms in total. The van der Waals surface area contributed by atoms with Gasteiger partial charge in [0.1, 0.15) is 10.6 Å². The van der Waals surface area contributed by atoms with Gasteiger partial charge in [-0.05, 0) is 31.9 Å². The van der Waals surface area contributed by atoms with Crippen LogP contribution < -0.4 is 0 Å². The van der Waals surface area contributed by atoms with E-state index in [0.29, 0.717) is 0 Å². The Morgan fingerprint density at radius 3 is 3.06 bits per heavy atom. The van der Waals surface area contributed by atoms with Gasteiger partial charge < -0.3 is 4.74 Å². The lowest BCUT2D eigenvalue weighted by molar-refractivity contribution is 0.0167. The van der Waals surface area contributed by atoms with E-state index in [1.165, 1.54) is 0 Å². The van der Waals surface area contributed by atoms with E-state index in [0.717, 1.165) is 40.2 Å². The first-order chi connectivity index (χ1) is 8.67. The molecule has 1 aromatic carbocycles. The van der Waals surface area contributed by atoms with Crippen molar-refractivity contribution in [1.82, 2.24) is 4.98 Å². The predicted octanol–water partition coefficient (Wildman–Crippen LogP) is 4.60. The third-order valence-corrected chi connectivity index (χ3v) is 4.88. The summed E-state index contributed by atoms with van der Waals surface area (Å²) in [5, 5.41) is 3.21. The number of aromatic nitrogens is 1. The molecule has 0 spiro atoms. The Hall–Kier alpha value is -0.710. The zero-order valence-corrected chi connectivity index (χ0v) is 12.6. The van der Waals surface area contributed by atoms with Gasteiger partial charge in [0.05, 0.1) is 5.69 Å². The molecular formula is C14H14BrNOS. The van der Waals surface area contributed by atoms with Crippen molar-refractivity contribution >= 4 is 27.3 Å². The van der Waals surface area contributed by atoms with E-state index in [-0.39, 0.29) is 5.60 Å². The largest absolute Gasteiger partial charge is 0.368 e. The van der Waals surface area contributed by atoms with Crippen LogP contribution in [-0.4, -0.2) is 11.6 Å². The van der Waals surface area contributed by atoms with Crippen LogP contribution in [0.15, 0.2) is 34.1 Å². The highest BCUT2D eigenvalue weighted by Crippen LogP contribution is 2.38. The minimum atomic E-state index is -0.172. The molecule has 1 aliphatic rings. The number of thiazole rings is 1. The molecule has 1 aromatic heterocycles. The van der Waals surface area contributed by atoms with Crippen molar-refractivity contribution in [2.75, 3.05) is 6.61 Å². The number of hydrogen-bond donors (Lipinski definition) is 0. The third-order valence-electron chi connectivity index (χ3n) is 3.30. The van der Waals surface area contributed by atoms with Crippen molar-refractivity contribution in [2.24, 2.45) is 0 Å². The van der Waals surface area contributed by atoms with Crippen LogP contribution in [0.1, 0.15) is 24.8 Å². The van der Waals surface area contributed by atoms with E-state index in [1.54, 1.807) is 11.3 Å². The van der Waals surface area contributed by atoms with Crippen LogP contribution in [-0.2, 0) is 10.3 Å². The van der Waals surface area contributed by atoms with Gasteiger partial charge in [-0.2, -0.15) is 0 Å². The van der Waals surface area contributed by atoms with Crippen molar-refractivity contribution in [3.63, 3.8) is 0 Å². The Morgan fingerprint density at radius 2 is 2.33 bits per heavy atom. The van der Waals surface area contributed by atoms with E-state index < -0.39 is 0 Å². The SMILES string of the molecule is CC1(c2nc(-c3cccc(Br)c3)cs2)CCCO1. The molecule has 0 N–H and O–H groups in total. The molecule has 18 heavy (non-hydrogen) atoms. The fraction of sp³-hybridized carbons (Fsp3) is 0.357. The number of benzene rings is 1. The zero-order chi connectivity index (χ0) is 12.6. The quantitative estimate of drug-likeness (QED) is 0.805. The normalized spacial score (nSPS) is 23.4. The van der Waals surface area contributed by atoms with E-state index in [9.17, 15) is 0 Å². The Balaban J connectivity index is 1.94. The summed E-state index contributed by atoms with van der Waals surface area (Å²) in [7, 11) is 0. The molecule has 0 saturated carbocycles. The summed E-state index contributed by atoms with van der Waals surface area (Å²) >= 11 is 5.19. The molecule has 0 amide bonds. The van der Waals surface area contributed by atoms with E-state index in [1.807, 2.05) is 12.1 Å². The van der Waals surface area contributed by atoms with Crippen LogP contribution in [0.5, 0.6) is 0 Å². The lowest BCUT2D eigenvalue weighted by atomic mass is 10.0. The van der Waals surface area contributed by atoms with Crippen molar-refractivity contribution in [3.8, 4) is 11.3 Å². The Kier molecular flexibility index (Phi) is 3.26. The molecule has 1 aliphatic heterocycles. The molecule has 0 bridgehead atoms. The molecule has 1 unspecified atom stereocenters. The molecule has 1 saturated heterocycles. The summed E-state index contributed by atoms with van der Waals surface area (Å²) in [6.07, 6.45) is 2.20. The van der Waals surface area contributed by atoms with Gasteiger partial charge in [-0.15, -0.1) is 11.3 Å². The second-order valence-electron chi connectivity index (χ2n) is 4.73. The van der Waals surface area contributed by atoms with Crippen LogP contribution in [0.2, 0.25) is 0 Å². The van der Waals surface area contributed by atoms with Gasteiger partial charge >= 0.3 is 0 Å². The highest BCUT2D eigenvalue weighted by atomic mass is 79.9. The molecule has 1 fully saturated rings. The smallest absolute Gasteiger partial charge is 0.125 e. The van der Waals surface area contributed by atoms with Gasteiger partial charge in [0.15, 0.2) is 0 Å². The predicted molar refractivity (Wildman–Crippen MR) is 77.8 cm³/mol. The van der Waals surface area contributed by atoms with E-state index in [4.69, 9.17) is 9.72 Å². The van der Waals surface area contributed by atoms with Gasteiger partial charge in [-0.3, -0.25) is 0 Å². The fourth-order valence-electron chi connectivity index (χ4n) is 2.24. The van der Waals surface area contributed by atoms with Gasteiger partial charge in [-0.1, -0.05) is 28.1 Å². The molecule has 0 aliphatic carbocycles. The summed E-state index contributed by atoms with van der Waals surface area (Å²) in [5.74, 6) is 0. The third kappa shape index (κ3) is 2.25. The van der Waals surface area contributed by atoms with Crippen LogP contribution in [0.3, 0.4) is 0 Å². The Bertz CT molecular complexity index is 560. The van der Waals surface area contributed by atoms with Crippen LogP contribution >= 0.6 is 27.3 Å². The number of ether oxygens (including phenoxy) is 1. The molecule has 94 valence electrons. The van der Waals surface area contributed by atoms with E-state index in [2.05, 4.69) is 40.4 Å². The lowest BCUT2D eigenvalue weighted by Crippen LogP contribution is -2.19. The summed E-state index contributed by atoms with van der Waals surface area (Å²) in [6, 6.07) is 8.24. The maximum absolute atomic E-state index is 5.84. The average Bonchev–Trinajstić information content (AvgIpc) is 2.98. The summed E-state index contributed by atoms with van der Waals surface area (Å²) in [4.78, 5) is 4.75. The van der Waals surface area contributed by atoms with Gasteiger partial charge in [0.25, 0.3) is 0 Å². The van der Waals surface area contributed by atoms with Crippen LogP contribution in [0.25, 0.3) is 11.3 Å². The Morgan fingerprint density at radius 1 is 1.44 bits per heavy atom. The molecule has 1 atom stereocenters. The minimum absolute atomic E-state index is 0.172. The second-order valence-corrected chi connectivity index (χ2v) is 6.50. The van der Waals surface area contributed by atoms with Gasteiger partial charge in [0, 0.05) is 22.0 Å². The molecule has 2 aromatic rings. The van der Waals surface area contributed by atoms with Gasteiger partial charge in [0.2, 0.25) is 0 Å². The number of rotatable bonds is 2. The second kappa shape index (κ2) is 4.76. The van der Waals surface area contributed by atoms with Crippen LogP contribution in [0.4, 0.5) is 0 Å². The maximum Gasteiger partial charge on any atom is 0.125 e. The minimum Gasteiger partial charge on any atom is -0.368 e. The topological polar surface area (TPSA) is 22.1 Å². The number of halogens is 1.